The van der Waals surface area contributed by atoms with E-state index in [2.05, 4.69) is 52.5 Å². The summed E-state index contributed by atoms with van der Waals surface area (Å²) < 4.78 is 5.53. The number of ether oxygens (including phenoxy) is 1. The number of benzene rings is 2. The normalized spacial score (nSPS) is 11.8. The smallest absolute Gasteiger partial charge is 0.407 e. The number of amides is 1. The fourth-order valence-corrected chi connectivity index (χ4v) is 3.87. The van der Waals surface area contributed by atoms with Crippen LogP contribution in [0.25, 0.3) is 11.1 Å². The lowest BCUT2D eigenvalue weighted by atomic mass is 9.98. The quantitative estimate of drug-likeness (QED) is 0.500. The van der Waals surface area contributed by atoms with Gasteiger partial charge in [0.15, 0.2) is 0 Å². The molecular formula is C26H24N2O2. The number of hydrogen-bond acceptors (Lipinski definition) is 3. The van der Waals surface area contributed by atoms with Crippen LogP contribution in [0.4, 0.5) is 4.79 Å². The topological polar surface area (TPSA) is 51.2 Å². The van der Waals surface area contributed by atoms with Crippen molar-refractivity contribution in [1.82, 2.24) is 10.3 Å². The number of nitrogens with zero attached hydrogens (tertiary/aromatic N) is 1. The van der Waals surface area contributed by atoms with Crippen molar-refractivity contribution < 1.29 is 9.53 Å². The molecular weight excluding hydrogens is 372 g/mol. The summed E-state index contributed by atoms with van der Waals surface area (Å²) in [5.41, 5.74) is 7.81. The lowest BCUT2D eigenvalue weighted by molar-refractivity contribution is 0.143. The minimum atomic E-state index is -0.414. The molecule has 0 bridgehead atoms. The second-order valence-corrected chi connectivity index (χ2v) is 7.48. The maximum Gasteiger partial charge on any atom is 0.407 e. The lowest BCUT2D eigenvalue weighted by Crippen LogP contribution is -2.26. The third-order valence-corrected chi connectivity index (χ3v) is 5.28. The molecule has 1 aliphatic carbocycles. The number of carbonyl (C=O) groups excluding carboxylic acids is 1. The van der Waals surface area contributed by atoms with Crippen LogP contribution in [0.2, 0.25) is 0 Å². The first-order chi connectivity index (χ1) is 14.6. The molecule has 4 nitrogen and oxygen atoms in total. The summed E-state index contributed by atoms with van der Waals surface area (Å²) in [5.74, 6) is 6.19. The molecule has 0 fully saturated rings. The van der Waals surface area contributed by atoms with E-state index in [-0.39, 0.29) is 5.92 Å². The van der Waals surface area contributed by atoms with Gasteiger partial charge in [-0.25, -0.2) is 9.78 Å². The Hall–Kier alpha value is -3.58. The molecule has 0 radical (unpaired) electrons. The molecule has 0 atom stereocenters. The van der Waals surface area contributed by atoms with Crippen molar-refractivity contribution in [2.75, 3.05) is 13.2 Å². The van der Waals surface area contributed by atoms with Crippen LogP contribution in [0.5, 0.6) is 0 Å². The SMILES string of the molecule is Cc1cnc(C#CCCNC(=O)OCC2c3ccccc3-c3ccccc32)c(C)c1. The van der Waals surface area contributed by atoms with Gasteiger partial charge in [0.1, 0.15) is 12.3 Å². The predicted molar refractivity (Wildman–Crippen MR) is 118 cm³/mol. The third-order valence-electron chi connectivity index (χ3n) is 5.28. The van der Waals surface area contributed by atoms with Crippen LogP contribution in [-0.2, 0) is 4.74 Å². The van der Waals surface area contributed by atoms with Crippen molar-refractivity contribution in [1.29, 1.82) is 0 Å². The van der Waals surface area contributed by atoms with Gasteiger partial charge in [0, 0.05) is 25.1 Å². The van der Waals surface area contributed by atoms with Crippen LogP contribution < -0.4 is 5.32 Å². The highest BCUT2D eigenvalue weighted by molar-refractivity contribution is 5.79. The summed E-state index contributed by atoms with van der Waals surface area (Å²) in [5, 5.41) is 2.78. The van der Waals surface area contributed by atoms with Crippen LogP contribution in [-0.4, -0.2) is 24.2 Å². The van der Waals surface area contributed by atoms with Crippen LogP contribution in [0.3, 0.4) is 0 Å². The molecule has 2 aromatic carbocycles. The first kappa shape index (κ1) is 19.7. The molecule has 150 valence electrons. The van der Waals surface area contributed by atoms with Crippen LogP contribution in [0, 0.1) is 25.7 Å². The Morgan fingerprint density at radius 1 is 1.07 bits per heavy atom. The molecule has 0 spiro atoms. The molecule has 30 heavy (non-hydrogen) atoms. The van der Waals surface area contributed by atoms with Crippen molar-refractivity contribution in [2.24, 2.45) is 0 Å². The number of aromatic nitrogens is 1. The van der Waals surface area contributed by atoms with E-state index >= 15 is 0 Å². The number of pyridine rings is 1. The van der Waals surface area contributed by atoms with Gasteiger partial charge < -0.3 is 10.1 Å². The number of hydrogen-bond donors (Lipinski definition) is 1. The Bertz CT molecular complexity index is 1100. The number of carbonyl (C=O) groups is 1. The second kappa shape index (κ2) is 8.84. The molecule has 1 amide bonds. The highest BCUT2D eigenvalue weighted by atomic mass is 16.5. The summed E-state index contributed by atoms with van der Waals surface area (Å²) in [6, 6.07) is 18.7. The van der Waals surface area contributed by atoms with Gasteiger partial charge in [0.05, 0.1) is 0 Å². The van der Waals surface area contributed by atoms with Gasteiger partial charge in [0.25, 0.3) is 0 Å². The van der Waals surface area contributed by atoms with E-state index in [0.29, 0.717) is 19.6 Å². The summed E-state index contributed by atoms with van der Waals surface area (Å²) in [7, 11) is 0. The maximum atomic E-state index is 12.2. The van der Waals surface area contributed by atoms with Gasteiger partial charge in [-0.05, 0) is 53.1 Å². The number of fused-ring (bicyclic) bond motifs is 3. The second-order valence-electron chi connectivity index (χ2n) is 7.48. The number of nitrogens with one attached hydrogen (secondary N) is 1. The minimum absolute atomic E-state index is 0.0681. The fraction of sp³-hybridized carbons (Fsp3) is 0.231. The van der Waals surface area contributed by atoms with Crippen molar-refractivity contribution in [3.8, 4) is 23.0 Å². The zero-order chi connectivity index (χ0) is 20.9. The van der Waals surface area contributed by atoms with Crippen molar-refractivity contribution in [2.45, 2.75) is 26.2 Å². The van der Waals surface area contributed by atoms with Gasteiger partial charge in [-0.15, -0.1) is 0 Å². The van der Waals surface area contributed by atoms with E-state index in [9.17, 15) is 4.79 Å². The number of rotatable bonds is 4. The molecule has 4 heteroatoms. The monoisotopic (exact) mass is 396 g/mol. The van der Waals surface area contributed by atoms with Gasteiger partial charge >= 0.3 is 6.09 Å². The molecule has 1 heterocycles. The standard InChI is InChI=1S/C26H24N2O2/c1-18-15-19(2)25(28-16-18)13-7-8-14-27-26(29)30-17-24-22-11-5-3-9-20(22)21-10-4-6-12-23(21)24/h3-6,9-12,15-16,24H,8,14,17H2,1-2H3,(H,27,29). The summed E-state index contributed by atoms with van der Waals surface area (Å²) in [6.45, 7) is 4.76. The van der Waals surface area contributed by atoms with Gasteiger partial charge in [-0.2, -0.15) is 0 Å². The van der Waals surface area contributed by atoms with E-state index in [4.69, 9.17) is 4.74 Å². The Labute approximate surface area is 177 Å². The highest BCUT2D eigenvalue weighted by Crippen LogP contribution is 2.44. The molecule has 1 aliphatic rings. The summed E-state index contributed by atoms with van der Waals surface area (Å²) >= 11 is 0. The van der Waals surface area contributed by atoms with E-state index in [1.807, 2.05) is 44.3 Å². The highest BCUT2D eigenvalue weighted by Gasteiger charge is 2.28. The van der Waals surface area contributed by atoms with Crippen LogP contribution >= 0.6 is 0 Å². The first-order valence-electron chi connectivity index (χ1n) is 10.1. The Kier molecular flexibility index (Phi) is 5.81. The average molecular weight is 396 g/mol. The molecule has 0 saturated carbocycles. The molecule has 4 rings (SSSR count). The van der Waals surface area contributed by atoms with Crippen molar-refractivity contribution >= 4 is 6.09 Å². The van der Waals surface area contributed by atoms with Crippen molar-refractivity contribution in [3.05, 3.63) is 88.7 Å². The molecule has 1 N–H and O–H groups in total. The predicted octanol–water partition coefficient (Wildman–Crippen LogP) is 4.98. The summed E-state index contributed by atoms with van der Waals surface area (Å²) in [6.07, 6.45) is 1.94. The molecule has 1 aromatic heterocycles. The zero-order valence-corrected chi connectivity index (χ0v) is 17.2. The minimum Gasteiger partial charge on any atom is -0.449 e. The largest absolute Gasteiger partial charge is 0.449 e. The number of alkyl carbamates (subject to hydrolysis) is 1. The molecule has 0 aliphatic heterocycles. The van der Waals surface area contributed by atoms with Crippen LogP contribution in [0.1, 0.15) is 40.3 Å². The Balaban J connectivity index is 1.29. The fourth-order valence-electron chi connectivity index (χ4n) is 3.87. The Morgan fingerprint density at radius 3 is 2.40 bits per heavy atom. The lowest BCUT2D eigenvalue weighted by Gasteiger charge is -2.14. The molecule has 3 aromatic rings. The van der Waals surface area contributed by atoms with E-state index < -0.39 is 6.09 Å². The van der Waals surface area contributed by atoms with Crippen LogP contribution in [0.15, 0.2) is 60.8 Å². The third kappa shape index (κ3) is 4.21. The van der Waals surface area contributed by atoms with E-state index in [1.54, 1.807) is 0 Å². The molecule has 0 saturated heterocycles. The number of aryl methyl sites for hydroxylation is 2. The zero-order valence-electron chi connectivity index (χ0n) is 17.2. The van der Waals surface area contributed by atoms with Gasteiger partial charge in [0.2, 0.25) is 0 Å². The Morgan fingerprint density at radius 2 is 1.73 bits per heavy atom. The van der Waals surface area contributed by atoms with Crippen molar-refractivity contribution in [3.63, 3.8) is 0 Å². The van der Waals surface area contributed by atoms with Gasteiger partial charge in [-0.1, -0.05) is 60.5 Å². The summed E-state index contributed by atoms with van der Waals surface area (Å²) in [4.78, 5) is 16.5. The molecule has 0 unspecified atom stereocenters. The maximum absolute atomic E-state index is 12.2. The van der Waals surface area contributed by atoms with Gasteiger partial charge in [-0.3, -0.25) is 0 Å². The van der Waals surface area contributed by atoms with E-state index in [1.165, 1.54) is 22.3 Å². The average Bonchev–Trinajstić information content (AvgIpc) is 3.07. The first-order valence-corrected chi connectivity index (χ1v) is 10.1. The van der Waals surface area contributed by atoms with E-state index in [0.717, 1.165) is 16.8 Å².